The summed E-state index contributed by atoms with van der Waals surface area (Å²) in [6.45, 7) is 3.85. The molecule has 4 aliphatic rings. The number of phenols is 1. The number of benzene rings is 4. The Morgan fingerprint density at radius 1 is 0.938 bits per heavy atom. The van der Waals surface area contributed by atoms with Gasteiger partial charge in [0.25, 0.3) is 0 Å². The Balaban J connectivity index is 0.961. The number of aryl methyl sites for hydroxylation is 2. The maximum atomic E-state index is 15.2. The van der Waals surface area contributed by atoms with Crippen LogP contribution in [0.15, 0.2) is 113 Å². The van der Waals surface area contributed by atoms with Crippen molar-refractivity contribution in [2.75, 3.05) is 16.9 Å². The quantitative estimate of drug-likeness (QED) is 0.122. The van der Waals surface area contributed by atoms with E-state index in [1.54, 1.807) is 65.5 Å². The van der Waals surface area contributed by atoms with Crippen molar-refractivity contribution < 1.29 is 33.4 Å². The van der Waals surface area contributed by atoms with E-state index in [4.69, 9.17) is 25.9 Å². The monoisotopic (exact) mass is 889 g/mol. The van der Waals surface area contributed by atoms with Gasteiger partial charge in [-0.15, -0.1) is 11.3 Å². The summed E-state index contributed by atoms with van der Waals surface area (Å²) in [5.74, 6) is -3.70. The Bertz CT molecular complexity index is 3190. The average molecular weight is 890 g/mol. The molecule has 12 nitrogen and oxygen atoms in total. The highest BCUT2D eigenvalue weighted by Gasteiger charge is 2.67. The first-order valence-corrected chi connectivity index (χ1v) is 22.3. The van der Waals surface area contributed by atoms with Crippen LogP contribution < -0.4 is 14.5 Å². The van der Waals surface area contributed by atoms with Crippen molar-refractivity contribution in [2.45, 2.75) is 26.7 Å². The number of thiophene rings is 1. The molecule has 1 N–H and O–H groups in total. The summed E-state index contributed by atoms with van der Waals surface area (Å²) in [6, 6.07) is 27.0. The van der Waals surface area contributed by atoms with Crippen LogP contribution in [0.25, 0.3) is 49.3 Å². The number of para-hydroxylation sites is 2. The number of allylic oxidation sites excluding steroid dienone is 3. The maximum absolute atomic E-state index is 15.2. The summed E-state index contributed by atoms with van der Waals surface area (Å²) in [5, 5.41) is 16.8. The van der Waals surface area contributed by atoms with Crippen molar-refractivity contribution in [1.29, 1.82) is 0 Å². The number of methoxy groups -OCH3 is 1. The fourth-order valence-electron chi connectivity index (χ4n) is 10.7. The van der Waals surface area contributed by atoms with Gasteiger partial charge in [-0.05, 0) is 116 Å². The van der Waals surface area contributed by atoms with E-state index in [1.165, 1.54) is 23.0 Å². The zero-order valence-electron chi connectivity index (χ0n) is 35.1. The van der Waals surface area contributed by atoms with Crippen molar-refractivity contribution in [3.8, 4) is 33.5 Å². The van der Waals surface area contributed by atoms with Gasteiger partial charge in [0.1, 0.15) is 17.0 Å². The predicted molar refractivity (Wildman–Crippen MR) is 245 cm³/mol. The molecule has 0 bridgehead atoms. The lowest BCUT2D eigenvalue weighted by atomic mass is 9.52. The third kappa shape index (κ3) is 5.86. The van der Waals surface area contributed by atoms with Gasteiger partial charge in [0.15, 0.2) is 17.1 Å². The summed E-state index contributed by atoms with van der Waals surface area (Å²) in [6.07, 6.45) is 6.30. The minimum Gasteiger partial charge on any atom is -0.504 e. The van der Waals surface area contributed by atoms with Gasteiger partial charge in [-0.25, -0.2) is 9.88 Å². The number of aromatic nitrogens is 3. The molecule has 1 saturated carbocycles. The molecule has 14 heteroatoms. The third-order valence-corrected chi connectivity index (χ3v) is 15.4. The molecule has 11 rings (SSSR count). The van der Waals surface area contributed by atoms with Gasteiger partial charge in [-0.3, -0.25) is 28.8 Å². The zero-order chi connectivity index (χ0) is 44.3. The van der Waals surface area contributed by atoms with Crippen LogP contribution >= 0.6 is 22.9 Å². The molecule has 3 aromatic heterocycles. The van der Waals surface area contributed by atoms with Gasteiger partial charge in [0.2, 0.25) is 29.5 Å². The van der Waals surface area contributed by atoms with Crippen LogP contribution in [-0.2, 0) is 26.2 Å². The van der Waals surface area contributed by atoms with Gasteiger partial charge in [0.05, 0.1) is 40.8 Å². The van der Waals surface area contributed by atoms with E-state index in [9.17, 15) is 14.7 Å². The smallest absolute Gasteiger partial charge is 0.242 e. The normalized spacial score (nSPS) is 24.3. The minimum atomic E-state index is -1.26. The first-order chi connectivity index (χ1) is 30.8. The number of imide groups is 2. The van der Waals surface area contributed by atoms with E-state index in [0.29, 0.717) is 51.2 Å². The van der Waals surface area contributed by atoms with Crippen molar-refractivity contribution >= 4 is 85.3 Å². The molecule has 64 heavy (non-hydrogen) atoms. The van der Waals surface area contributed by atoms with Crippen LogP contribution in [0.3, 0.4) is 0 Å². The average Bonchev–Trinajstić information content (AvgIpc) is 4.08. The molecule has 3 fully saturated rings. The van der Waals surface area contributed by atoms with Gasteiger partial charge < -0.3 is 14.3 Å². The number of hydrogen-bond acceptors (Lipinski definition) is 10. The number of rotatable bonds is 7. The largest absolute Gasteiger partial charge is 0.504 e. The van der Waals surface area contributed by atoms with Crippen molar-refractivity contribution in [2.24, 2.45) is 42.1 Å². The number of fused-ring (bicyclic) bond motifs is 6. The minimum absolute atomic E-state index is 0.0161. The number of oxazole rings is 1. The number of amides is 4. The molecule has 6 atom stereocenters. The summed E-state index contributed by atoms with van der Waals surface area (Å²) in [7, 11) is 3.19. The Morgan fingerprint density at radius 2 is 1.73 bits per heavy atom. The van der Waals surface area contributed by atoms with Crippen LogP contribution in [0.2, 0.25) is 5.02 Å². The molecule has 320 valence electrons. The number of hydrogen-bond donors (Lipinski definition) is 1. The predicted octanol–water partition coefficient (Wildman–Crippen LogP) is 9.77. The first-order valence-electron chi connectivity index (χ1n) is 21.1. The molecule has 0 spiro atoms. The lowest BCUT2D eigenvalue weighted by Crippen LogP contribution is -2.49. The van der Waals surface area contributed by atoms with Crippen molar-refractivity contribution in [1.82, 2.24) is 14.8 Å². The van der Waals surface area contributed by atoms with Crippen LogP contribution in [0.5, 0.6) is 11.5 Å². The molecule has 5 heterocycles. The number of ether oxygens (including phenoxy) is 1. The maximum Gasteiger partial charge on any atom is 0.242 e. The Kier molecular flexibility index (Phi) is 9.13. The number of phenolic OH excluding ortho intramolecular Hbond substituents is 1. The van der Waals surface area contributed by atoms with E-state index in [-0.39, 0.29) is 41.5 Å². The molecule has 4 aromatic carbocycles. The van der Waals surface area contributed by atoms with Gasteiger partial charge in [-0.1, -0.05) is 53.6 Å². The molecule has 2 aliphatic carbocycles. The fourth-order valence-corrected chi connectivity index (χ4v) is 12.0. The Labute approximate surface area is 376 Å². The SMILES string of the molecule is COc1cc(C=C[C@H]2C3=CC[C@@H]4C(=O)N(c5ccc(-c6nc7ccccc7o6)cc5)C(=O)[C@@H]4[C@@H]3C[C@H]3C(=O)N(c4cc(-c5sc6ccc(Cl)cc6c5C)nn4C)C(=O)[C@@]23C)ccc1O. The number of aromatic hydroxyl groups is 1. The second-order valence-corrected chi connectivity index (χ2v) is 18.7. The van der Waals surface area contributed by atoms with Gasteiger partial charge >= 0.3 is 0 Å². The van der Waals surface area contributed by atoms with Gasteiger partial charge in [0, 0.05) is 34.3 Å². The van der Waals surface area contributed by atoms with Crippen LogP contribution in [0.1, 0.15) is 30.9 Å². The Hall–Kier alpha value is -6.83. The topological polar surface area (TPSA) is 148 Å². The van der Waals surface area contributed by atoms with E-state index in [2.05, 4.69) is 4.98 Å². The zero-order valence-corrected chi connectivity index (χ0v) is 36.7. The number of nitrogens with zero attached hydrogens (tertiary/aromatic N) is 5. The first kappa shape index (κ1) is 40.0. The summed E-state index contributed by atoms with van der Waals surface area (Å²) < 4.78 is 14.0. The van der Waals surface area contributed by atoms with E-state index < -0.39 is 35.0 Å². The summed E-state index contributed by atoms with van der Waals surface area (Å²) >= 11 is 7.92. The number of carbonyl (C=O) groups excluding carboxylic acids is 4. The fraction of sp³-hybridized carbons (Fsp3) is 0.240. The lowest BCUT2D eigenvalue weighted by Gasteiger charge is -2.47. The number of halogens is 1. The van der Waals surface area contributed by atoms with Crippen LogP contribution in [0.4, 0.5) is 11.5 Å². The lowest BCUT2D eigenvalue weighted by molar-refractivity contribution is -0.132. The molecule has 2 saturated heterocycles. The third-order valence-electron chi connectivity index (χ3n) is 13.9. The molecule has 0 radical (unpaired) electrons. The van der Waals surface area contributed by atoms with E-state index >= 15 is 9.59 Å². The van der Waals surface area contributed by atoms with Crippen molar-refractivity contribution in [3.63, 3.8) is 0 Å². The standard InChI is InChI=1S/C50H40ClN5O7S/c1-25-32-22-28(51)13-20-41(32)64-44(25)37-24-42(54(3)53-37)56-47(59)35-23-33-30(34(50(35,2)49(56)61)18-9-26-10-19-38(57)40(21-26)62-4)16-17-31-43(33)48(60)55(46(31)58)29-14-11-27(12-15-29)45-52-36-7-5-6-8-39(36)63-45/h5-16,18-22,24,31,33-35,43,57H,17,23H2,1-4H3/t31-,33+,34-,35-,43-,50-/m0/s1. The summed E-state index contributed by atoms with van der Waals surface area (Å²) in [5.41, 5.74) is 4.44. The Morgan fingerprint density at radius 3 is 2.52 bits per heavy atom. The van der Waals surface area contributed by atoms with Crippen molar-refractivity contribution in [3.05, 3.63) is 125 Å². The molecule has 2 aliphatic heterocycles. The number of carbonyl (C=O) groups is 4. The van der Waals surface area contributed by atoms with Crippen LogP contribution in [-0.4, -0.2) is 50.6 Å². The molecule has 4 amide bonds. The second kappa shape index (κ2) is 14.6. The highest BCUT2D eigenvalue weighted by Crippen LogP contribution is 2.61. The second-order valence-electron chi connectivity index (χ2n) is 17.3. The van der Waals surface area contributed by atoms with Gasteiger partial charge in [-0.2, -0.15) is 5.10 Å². The highest BCUT2D eigenvalue weighted by molar-refractivity contribution is 7.22. The van der Waals surface area contributed by atoms with E-state index in [1.807, 2.05) is 74.5 Å². The molecule has 0 unspecified atom stereocenters. The van der Waals surface area contributed by atoms with E-state index in [0.717, 1.165) is 31.6 Å². The van der Waals surface area contributed by atoms with Crippen LogP contribution in [0, 0.1) is 41.9 Å². The number of anilines is 2. The molecular weight excluding hydrogens is 850 g/mol. The summed E-state index contributed by atoms with van der Waals surface area (Å²) in [4.78, 5) is 67.4. The highest BCUT2D eigenvalue weighted by atomic mass is 35.5. The molecule has 7 aromatic rings. The molecular formula is C50H40ClN5O7S.